The van der Waals surface area contributed by atoms with Crippen molar-refractivity contribution in [3.8, 4) is 11.3 Å². The summed E-state index contributed by atoms with van der Waals surface area (Å²) in [5.74, 6) is 0.976. The third-order valence-electron chi connectivity index (χ3n) is 3.52. The Morgan fingerprint density at radius 2 is 1.78 bits per heavy atom. The Morgan fingerprint density at radius 1 is 1.09 bits per heavy atom. The SMILES string of the molecule is CCC.CCc1ccc(-c2cnc(C(C)(C)C)[nH]2)c2ncoc12. The average molecular weight is 313 g/mol. The Morgan fingerprint density at radius 3 is 2.35 bits per heavy atom. The number of nitrogens with one attached hydrogen (secondary N) is 1. The molecule has 3 aromatic rings. The normalized spacial score (nSPS) is 11.4. The second-order valence-corrected chi connectivity index (χ2v) is 6.76. The number of hydrogen-bond donors (Lipinski definition) is 1. The lowest BCUT2D eigenvalue weighted by molar-refractivity contribution is 0.553. The zero-order chi connectivity index (χ0) is 17.0. The maximum Gasteiger partial charge on any atom is 0.182 e. The molecular weight excluding hydrogens is 286 g/mol. The van der Waals surface area contributed by atoms with Crippen LogP contribution < -0.4 is 0 Å². The minimum absolute atomic E-state index is 0.00451. The van der Waals surface area contributed by atoms with Gasteiger partial charge in [-0.1, -0.05) is 60.1 Å². The lowest BCUT2D eigenvalue weighted by Gasteiger charge is -2.14. The van der Waals surface area contributed by atoms with Crippen molar-refractivity contribution in [1.82, 2.24) is 15.0 Å². The van der Waals surface area contributed by atoms with Crippen LogP contribution in [-0.2, 0) is 11.8 Å². The van der Waals surface area contributed by atoms with Gasteiger partial charge < -0.3 is 9.40 Å². The van der Waals surface area contributed by atoms with Gasteiger partial charge >= 0.3 is 0 Å². The largest absolute Gasteiger partial charge is 0.443 e. The molecule has 0 fully saturated rings. The van der Waals surface area contributed by atoms with E-state index in [-0.39, 0.29) is 5.41 Å². The van der Waals surface area contributed by atoms with Crippen molar-refractivity contribution in [3.63, 3.8) is 0 Å². The highest BCUT2D eigenvalue weighted by Gasteiger charge is 2.19. The van der Waals surface area contributed by atoms with Crippen LogP contribution in [0, 0.1) is 0 Å². The fourth-order valence-corrected chi connectivity index (χ4v) is 2.34. The number of oxazole rings is 1. The van der Waals surface area contributed by atoms with Gasteiger partial charge in [0.05, 0.1) is 11.9 Å². The maximum atomic E-state index is 5.53. The van der Waals surface area contributed by atoms with Crippen LogP contribution in [0.25, 0.3) is 22.4 Å². The first-order valence-electron chi connectivity index (χ1n) is 8.33. The number of aryl methyl sites for hydroxylation is 1. The summed E-state index contributed by atoms with van der Waals surface area (Å²) < 4.78 is 5.53. The molecule has 124 valence electrons. The summed E-state index contributed by atoms with van der Waals surface area (Å²) in [7, 11) is 0. The Balaban J connectivity index is 0.000000595. The Labute approximate surface area is 138 Å². The number of H-pyrrole nitrogens is 1. The minimum Gasteiger partial charge on any atom is -0.443 e. The molecule has 0 bridgehead atoms. The molecule has 0 aliphatic heterocycles. The van der Waals surface area contributed by atoms with E-state index >= 15 is 0 Å². The molecule has 3 rings (SSSR count). The summed E-state index contributed by atoms with van der Waals surface area (Å²) in [5, 5.41) is 0. The van der Waals surface area contributed by atoms with Crippen LogP contribution >= 0.6 is 0 Å². The molecule has 1 aromatic carbocycles. The molecule has 2 aromatic heterocycles. The average Bonchev–Trinajstić information content (AvgIpc) is 3.15. The molecule has 4 heteroatoms. The van der Waals surface area contributed by atoms with Gasteiger partial charge in [0.1, 0.15) is 11.3 Å². The van der Waals surface area contributed by atoms with E-state index in [1.807, 2.05) is 6.20 Å². The number of rotatable bonds is 2. The first kappa shape index (κ1) is 17.3. The van der Waals surface area contributed by atoms with Crippen LogP contribution in [-0.4, -0.2) is 15.0 Å². The van der Waals surface area contributed by atoms with Crippen LogP contribution in [0.15, 0.2) is 29.1 Å². The van der Waals surface area contributed by atoms with E-state index in [1.165, 1.54) is 18.4 Å². The van der Waals surface area contributed by atoms with E-state index in [0.717, 1.165) is 34.6 Å². The third-order valence-corrected chi connectivity index (χ3v) is 3.52. The first-order valence-corrected chi connectivity index (χ1v) is 8.33. The fraction of sp³-hybridized carbons (Fsp3) is 0.474. The predicted molar refractivity (Wildman–Crippen MR) is 95.6 cm³/mol. The first-order chi connectivity index (χ1) is 10.9. The van der Waals surface area contributed by atoms with Gasteiger partial charge in [-0.25, -0.2) is 9.97 Å². The summed E-state index contributed by atoms with van der Waals surface area (Å²) in [6.45, 7) is 12.8. The summed E-state index contributed by atoms with van der Waals surface area (Å²) in [4.78, 5) is 12.2. The molecule has 4 nitrogen and oxygen atoms in total. The van der Waals surface area contributed by atoms with Gasteiger partial charge in [-0.2, -0.15) is 0 Å². The number of nitrogens with zero attached hydrogens (tertiary/aromatic N) is 2. The van der Waals surface area contributed by atoms with Crippen LogP contribution in [0.5, 0.6) is 0 Å². The Hall–Kier alpha value is -2.10. The molecule has 0 aliphatic carbocycles. The molecule has 0 atom stereocenters. The van der Waals surface area contributed by atoms with Crippen molar-refractivity contribution in [2.45, 2.75) is 59.8 Å². The van der Waals surface area contributed by atoms with Gasteiger partial charge in [-0.05, 0) is 12.0 Å². The summed E-state index contributed by atoms with van der Waals surface area (Å²) in [5.41, 5.74) is 4.97. The molecular formula is C19H27N3O. The molecule has 0 saturated carbocycles. The Kier molecular flexibility index (Phi) is 5.24. The van der Waals surface area contributed by atoms with E-state index in [1.54, 1.807) is 0 Å². The number of aromatic nitrogens is 3. The summed E-state index contributed by atoms with van der Waals surface area (Å²) in [6, 6.07) is 4.18. The molecule has 0 amide bonds. The van der Waals surface area contributed by atoms with Gasteiger partial charge in [0.15, 0.2) is 12.0 Å². The van der Waals surface area contributed by atoms with Crippen molar-refractivity contribution in [2.24, 2.45) is 0 Å². The highest BCUT2D eigenvalue weighted by Crippen LogP contribution is 2.30. The lowest BCUT2D eigenvalue weighted by Crippen LogP contribution is -2.13. The van der Waals surface area contributed by atoms with Gasteiger partial charge in [-0.15, -0.1) is 0 Å². The molecule has 23 heavy (non-hydrogen) atoms. The standard InChI is InChI=1S/C16H19N3O.C3H8/c1-5-10-6-7-11(13-14(10)20-9-18-13)12-8-17-15(19-12)16(2,3)4;1-3-2/h6-9H,5H2,1-4H3,(H,17,19);3H2,1-2H3. The van der Waals surface area contributed by atoms with Gasteiger partial charge in [-0.3, -0.25) is 0 Å². The topological polar surface area (TPSA) is 54.7 Å². The van der Waals surface area contributed by atoms with Crippen LogP contribution in [0.3, 0.4) is 0 Å². The molecule has 2 heterocycles. The lowest BCUT2D eigenvalue weighted by atomic mass is 9.96. The minimum atomic E-state index is 0.00451. The van der Waals surface area contributed by atoms with Crippen LogP contribution in [0.2, 0.25) is 0 Å². The smallest absolute Gasteiger partial charge is 0.182 e. The van der Waals surface area contributed by atoms with Crippen LogP contribution in [0.1, 0.15) is 59.4 Å². The summed E-state index contributed by atoms with van der Waals surface area (Å²) in [6.07, 6.45) is 5.56. The number of benzene rings is 1. The Bertz CT molecular complexity index is 762. The predicted octanol–water partition coefficient (Wildman–Crippen LogP) is 5.49. The maximum absolute atomic E-state index is 5.53. The highest BCUT2D eigenvalue weighted by atomic mass is 16.3. The number of aromatic amines is 1. The number of imidazole rings is 1. The van der Waals surface area contributed by atoms with Gasteiger partial charge in [0.2, 0.25) is 0 Å². The molecule has 0 aliphatic rings. The number of hydrogen-bond acceptors (Lipinski definition) is 3. The molecule has 0 spiro atoms. The molecule has 0 radical (unpaired) electrons. The second-order valence-electron chi connectivity index (χ2n) is 6.76. The third kappa shape index (κ3) is 3.63. The number of fused-ring (bicyclic) bond motifs is 1. The van der Waals surface area contributed by atoms with Crippen LogP contribution in [0.4, 0.5) is 0 Å². The van der Waals surface area contributed by atoms with E-state index in [4.69, 9.17) is 4.42 Å². The van der Waals surface area contributed by atoms with E-state index in [9.17, 15) is 0 Å². The molecule has 0 saturated heterocycles. The molecule has 0 unspecified atom stereocenters. The van der Waals surface area contributed by atoms with Gasteiger partial charge in [0.25, 0.3) is 0 Å². The van der Waals surface area contributed by atoms with E-state index < -0.39 is 0 Å². The van der Waals surface area contributed by atoms with Gasteiger partial charge in [0, 0.05) is 11.0 Å². The van der Waals surface area contributed by atoms with Crippen molar-refractivity contribution in [1.29, 1.82) is 0 Å². The highest BCUT2D eigenvalue weighted by molar-refractivity contribution is 5.91. The second kappa shape index (κ2) is 6.99. The quantitative estimate of drug-likeness (QED) is 0.680. The van der Waals surface area contributed by atoms with Crippen molar-refractivity contribution in [3.05, 3.63) is 36.1 Å². The van der Waals surface area contributed by atoms with Crippen molar-refractivity contribution < 1.29 is 4.42 Å². The van der Waals surface area contributed by atoms with Crippen molar-refractivity contribution >= 4 is 11.1 Å². The monoisotopic (exact) mass is 313 g/mol. The van der Waals surface area contributed by atoms with Crippen molar-refractivity contribution in [2.75, 3.05) is 0 Å². The summed E-state index contributed by atoms with van der Waals surface area (Å²) >= 11 is 0. The zero-order valence-electron chi connectivity index (χ0n) is 15.0. The fourth-order valence-electron chi connectivity index (χ4n) is 2.34. The van der Waals surface area contributed by atoms with E-state index in [0.29, 0.717) is 0 Å². The zero-order valence-corrected chi connectivity index (χ0v) is 15.0. The molecule has 1 N–H and O–H groups in total. The van der Waals surface area contributed by atoms with E-state index in [2.05, 4.69) is 68.6 Å².